The highest BCUT2D eigenvalue weighted by Gasteiger charge is 2.13. The third-order valence-electron chi connectivity index (χ3n) is 3.26. The van der Waals surface area contributed by atoms with E-state index in [9.17, 15) is 0 Å². The van der Waals surface area contributed by atoms with Crippen LogP contribution in [0.2, 0.25) is 0 Å². The maximum Gasteiger partial charge on any atom is 0.0510 e. The van der Waals surface area contributed by atoms with E-state index in [1.165, 1.54) is 28.6 Å². The van der Waals surface area contributed by atoms with Crippen molar-refractivity contribution in [1.29, 1.82) is 0 Å². The maximum atomic E-state index is 3.67. The average Bonchev–Trinajstić information content (AvgIpc) is 2.31. The molecule has 17 heavy (non-hydrogen) atoms. The molecule has 0 unspecified atom stereocenters. The fraction of sp³-hybridized carbons (Fsp3) is 0.571. The minimum Gasteiger partial charge on any atom is -0.371 e. The topological polar surface area (TPSA) is 15.3 Å². The van der Waals surface area contributed by atoms with Crippen LogP contribution in [0, 0.1) is 0 Å². The lowest BCUT2D eigenvalue weighted by atomic mass is 10.1. The number of rotatable bonds is 6. The Kier molecular flexibility index (Phi) is 6.00. The molecule has 3 heteroatoms. The lowest BCUT2D eigenvalue weighted by Gasteiger charge is -2.29. The highest BCUT2D eigenvalue weighted by atomic mass is 79.9. The molecule has 0 aliphatic heterocycles. The minimum absolute atomic E-state index is 0.612. The molecule has 0 amide bonds. The van der Waals surface area contributed by atoms with Crippen LogP contribution >= 0.6 is 15.9 Å². The summed E-state index contributed by atoms with van der Waals surface area (Å²) in [5.74, 6) is 0. The van der Waals surface area contributed by atoms with E-state index in [1.54, 1.807) is 0 Å². The number of hydrogen-bond acceptors (Lipinski definition) is 2. The molecule has 1 N–H and O–H groups in total. The van der Waals surface area contributed by atoms with Gasteiger partial charge < -0.3 is 10.2 Å². The van der Waals surface area contributed by atoms with Gasteiger partial charge in [-0.25, -0.2) is 0 Å². The van der Waals surface area contributed by atoms with Crippen LogP contribution in [-0.2, 0) is 6.54 Å². The zero-order valence-corrected chi connectivity index (χ0v) is 12.8. The van der Waals surface area contributed by atoms with E-state index >= 15 is 0 Å². The van der Waals surface area contributed by atoms with Crippen molar-refractivity contribution in [1.82, 2.24) is 5.32 Å². The fourth-order valence-corrected chi connectivity index (χ4v) is 2.89. The second kappa shape index (κ2) is 7.02. The number of anilines is 1. The van der Waals surface area contributed by atoms with Crippen LogP contribution in [-0.4, -0.2) is 20.1 Å². The molecule has 0 saturated heterocycles. The predicted octanol–water partition coefficient (Wildman–Crippen LogP) is 3.79. The van der Waals surface area contributed by atoms with Crippen LogP contribution in [0.25, 0.3) is 0 Å². The SMILES string of the molecule is CCC(CC)N(C)c1ccc(CNC)cc1Br. The maximum absolute atomic E-state index is 3.67. The Bertz CT molecular complexity index is 348. The summed E-state index contributed by atoms with van der Waals surface area (Å²) in [4.78, 5) is 2.37. The van der Waals surface area contributed by atoms with Gasteiger partial charge in [-0.15, -0.1) is 0 Å². The summed E-state index contributed by atoms with van der Waals surface area (Å²) in [5.41, 5.74) is 2.58. The van der Waals surface area contributed by atoms with Crippen molar-refractivity contribution in [3.8, 4) is 0 Å². The van der Waals surface area contributed by atoms with E-state index in [4.69, 9.17) is 0 Å². The van der Waals surface area contributed by atoms with Gasteiger partial charge in [0.05, 0.1) is 5.69 Å². The van der Waals surface area contributed by atoms with Gasteiger partial charge in [-0.2, -0.15) is 0 Å². The lowest BCUT2D eigenvalue weighted by molar-refractivity contribution is 0.591. The zero-order valence-electron chi connectivity index (χ0n) is 11.3. The largest absolute Gasteiger partial charge is 0.371 e. The third-order valence-corrected chi connectivity index (χ3v) is 3.90. The number of hydrogen-bond donors (Lipinski definition) is 1. The fourth-order valence-electron chi connectivity index (χ4n) is 2.18. The first-order valence-electron chi connectivity index (χ1n) is 6.29. The molecule has 2 nitrogen and oxygen atoms in total. The Morgan fingerprint density at radius 3 is 2.41 bits per heavy atom. The van der Waals surface area contributed by atoms with Crippen LogP contribution in [0.5, 0.6) is 0 Å². The Hall–Kier alpha value is -0.540. The van der Waals surface area contributed by atoms with Crippen LogP contribution in [0.1, 0.15) is 32.3 Å². The van der Waals surface area contributed by atoms with Crippen LogP contribution in [0.4, 0.5) is 5.69 Å². The standard InChI is InChI=1S/C14H23BrN2/c1-5-12(6-2)17(4)14-8-7-11(10-16-3)9-13(14)15/h7-9,12,16H,5-6,10H2,1-4H3. The Morgan fingerprint density at radius 1 is 1.29 bits per heavy atom. The summed E-state index contributed by atoms with van der Waals surface area (Å²) < 4.78 is 1.18. The molecule has 0 radical (unpaired) electrons. The van der Waals surface area contributed by atoms with E-state index in [0.717, 1.165) is 6.54 Å². The predicted molar refractivity (Wildman–Crippen MR) is 79.7 cm³/mol. The molecule has 0 aliphatic carbocycles. The quantitative estimate of drug-likeness (QED) is 0.859. The second-order valence-electron chi connectivity index (χ2n) is 4.40. The summed E-state index contributed by atoms with van der Waals surface area (Å²) in [5, 5.41) is 3.17. The van der Waals surface area contributed by atoms with Gasteiger partial charge in [-0.05, 0) is 53.5 Å². The van der Waals surface area contributed by atoms with Gasteiger partial charge in [0.2, 0.25) is 0 Å². The Labute approximate surface area is 114 Å². The summed E-state index contributed by atoms with van der Waals surface area (Å²) in [6.07, 6.45) is 2.36. The van der Waals surface area contributed by atoms with E-state index in [2.05, 4.69) is 65.2 Å². The van der Waals surface area contributed by atoms with Gasteiger partial charge in [0.25, 0.3) is 0 Å². The number of halogens is 1. The van der Waals surface area contributed by atoms with Crippen LogP contribution in [0.15, 0.2) is 22.7 Å². The number of nitrogens with zero attached hydrogens (tertiary/aromatic N) is 1. The van der Waals surface area contributed by atoms with Gasteiger partial charge in [0.15, 0.2) is 0 Å². The molecule has 96 valence electrons. The van der Waals surface area contributed by atoms with Crippen molar-refractivity contribution >= 4 is 21.6 Å². The van der Waals surface area contributed by atoms with Gasteiger partial charge >= 0.3 is 0 Å². The van der Waals surface area contributed by atoms with Gasteiger partial charge in [0.1, 0.15) is 0 Å². The second-order valence-corrected chi connectivity index (χ2v) is 5.25. The molecule has 0 atom stereocenters. The zero-order chi connectivity index (χ0) is 12.8. The molecule has 0 fully saturated rings. The molecular weight excluding hydrogens is 276 g/mol. The van der Waals surface area contributed by atoms with Crippen LogP contribution in [0.3, 0.4) is 0 Å². The summed E-state index contributed by atoms with van der Waals surface area (Å²) in [6, 6.07) is 7.20. The number of nitrogens with one attached hydrogen (secondary N) is 1. The normalized spacial score (nSPS) is 10.9. The first-order chi connectivity index (χ1) is 8.13. The van der Waals surface area contributed by atoms with Crippen molar-refractivity contribution in [3.05, 3.63) is 28.2 Å². The molecule has 1 aromatic rings. The van der Waals surface area contributed by atoms with Crippen molar-refractivity contribution < 1.29 is 0 Å². The Balaban J connectivity index is 2.90. The van der Waals surface area contributed by atoms with Gasteiger partial charge in [0, 0.05) is 24.1 Å². The van der Waals surface area contributed by atoms with E-state index in [1.807, 2.05) is 7.05 Å². The van der Waals surface area contributed by atoms with Gasteiger partial charge in [-0.3, -0.25) is 0 Å². The molecule has 0 saturated carbocycles. The number of benzene rings is 1. The van der Waals surface area contributed by atoms with E-state index in [-0.39, 0.29) is 0 Å². The molecule has 0 aromatic heterocycles. The smallest absolute Gasteiger partial charge is 0.0510 e. The first-order valence-corrected chi connectivity index (χ1v) is 7.09. The highest BCUT2D eigenvalue weighted by Crippen LogP contribution is 2.29. The van der Waals surface area contributed by atoms with Crippen molar-refractivity contribution in [3.63, 3.8) is 0 Å². The van der Waals surface area contributed by atoms with E-state index < -0.39 is 0 Å². The molecule has 0 bridgehead atoms. The molecule has 0 spiro atoms. The summed E-state index contributed by atoms with van der Waals surface area (Å²) in [6.45, 7) is 5.40. The van der Waals surface area contributed by atoms with Crippen molar-refractivity contribution in [2.75, 3.05) is 19.0 Å². The van der Waals surface area contributed by atoms with Crippen molar-refractivity contribution in [2.45, 2.75) is 39.3 Å². The third kappa shape index (κ3) is 3.71. The minimum atomic E-state index is 0.612. The first kappa shape index (κ1) is 14.5. The molecule has 1 rings (SSSR count). The summed E-state index contributed by atoms with van der Waals surface area (Å²) in [7, 11) is 4.15. The molecule has 0 heterocycles. The van der Waals surface area contributed by atoms with E-state index in [0.29, 0.717) is 6.04 Å². The summed E-state index contributed by atoms with van der Waals surface area (Å²) >= 11 is 3.67. The van der Waals surface area contributed by atoms with Crippen LogP contribution < -0.4 is 10.2 Å². The van der Waals surface area contributed by atoms with Gasteiger partial charge in [-0.1, -0.05) is 19.9 Å². The molecular formula is C14H23BrN2. The average molecular weight is 299 g/mol. The highest BCUT2D eigenvalue weighted by molar-refractivity contribution is 9.10. The van der Waals surface area contributed by atoms with Crippen molar-refractivity contribution in [2.24, 2.45) is 0 Å². The Morgan fingerprint density at radius 2 is 1.94 bits per heavy atom. The monoisotopic (exact) mass is 298 g/mol. The molecule has 0 aliphatic rings. The lowest BCUT2D eigenvalue weighted by Crippen LogP contribution is -2.30. The molecule has 1 aromatic carbocycles.